The van der Waals surface area contributed by atoms with Crippen molar-refractivity contribution in [1.82, 2.24) is 25.0 Å². The van der Waals surface area contributed by atoms with Gasteiger partial charge in [0.1, 0.15) is 17.1 Å². The molecule has 1 aliphatic heterocycles. The third-order valence-electron chi connectivity index (χ3n) is 9.41. The average molecular weight is 556 g/mol. The molecular weight excluding hydrogens is 514 g/mol. The minimum absolute atomic E-state index is 0.226. The van der Waals surface area contributed by atoms with Gasteiger partial charge in [0.05, 0.1) is 23.5 Å². The van der Waals surface area contributed by atoms with Crippen LogP contribution in [0.2, 0.25) is 0 Å². The van der Waals surface area contributed by atoms with Gasteiger partial charge in [-0.15, -0.1) is 0 Å². The summed E-state index contributed by atoms with van der Waals surface area (Å²) in [6.07, 6.45) is 8.56. The molecule has 9 heteroatoms. The number of hydrogen-bond acceptors (Lipinski definition) is 7. The van der Waals surface area contributed by atoms with E-state index in [0.717, 1.165) is 42.8 Å². The fourth-order valence-electron chi connectivity index (χ4n) is 6.89. The maximum absolute atomic E-state index is 13.2. The number of aromatic nitrogens is 3. The zero-order valence-corrected chi connectivity index (χ0v) is 24.5. The lowest BCUT2D eigenvalue weighted by Gasteiger charge is -2.52. The van der Waals surface area contributed by atoms with Crippen LogP contribution in [-0.2, 0) is 0 Å². The SMILES string of the molecule is CC(C)C1CCC(C)(N2CCN(C)CC2)CC1c1ccc(NC(=O)c2[nH]ncc2Nc2nccc3occc23)cc1. The fraction of sp³-hybridized carbons (Fsp3) is 0.469. The van der Waals surface area contributed by atoms with Crippen LogP contribution in [0.1, 0.15) is 62.0 Å². The lowest BCUT2D eigenvalue weighted by molar-refractivity contribution is 0.00171. The summed E-state index contributed by atoms with van der Waals surface area (Å²) in [4.78, 5) is 22.8. The number of aromatic amines is 1. The van der Waals surface area contributed by atoms with Gasteiger partial charge >= 0.3 is 0 Å². The van der Waals surface area contributed by atoms with E-state index in [2.05, 4.69) is 75.6 Å². The van der Waals surface area contributed by atoms with Crippen LogP contribution < -0.4 is 10.6 Å². The number of carbonyl (C=O) groups excluding carboxylic acids is 1. The normalized spacial score (nSPS) is 24.1. The molecule has 2 aliphatic rings. The molecule has 216 valence electrons. The summed E-state index contributed by atoms with van der Waals surface area (Å²) in [5.41, 5.74) is 3.96. The Hall–Kier alpha value is -3.69. The van der Waals surface area contributed by atoms with E-state index in [1.54, 1.807) is 24.7 Å². The first-order valence-corrected chi connectivity index (χ1v) is 14.8. The predicted octanol–water partition coefficient (Wildman–Crippen LogP) is 6.09. The van der Waals surface area contributed by atoms with Crippen molar-refractivity contribution in [2.45, 2.75) is 51.5 Å². The van der Waals surface area contributed by atoms with E-state index in [-0.39, 0.29) is 11.4 Å². The molecule has 4 heterocycles. The van der Waals surface area contributed by atoms with Gasteiger partial charge in [-0.25, -0.2) is 4.98 Å². The Bertz CT molecular complexity index is 1490. The van der Waals surface area contributed by atoms with Crippen molar-refractivity contribution < 1.29 is 9.21 Å². The number of rotatable bonds is 7. The highest BCUT2D eigenvalue weighted by Gasteiger charge is 2.43. The van der Waals surface area contributed by atoms with E-state index in [1.807, 2.05) is 18.2 Å². The van der Waals surface area contributed by atoms with E-state index >= 15 is 0 Å². The second-order valence-electron chi connectivity index (χ2n) is 12.4. The van der Waals surface area contributed by atoms with Crippen LogP contribution in [-0.4, -0.2) is 69.7 Å². The number of carbonyl (C=O) groups is 1. The number of pyridine rings is 1. The van der Waals surface area contributed by atoms with E-state index in [1.165, 1.54) is 24.8 Å². The highest BCUT2D eigenvalue weighted by atomic mass is 16.3. The Morgan fingerprint density at radius 3 is 2.66 bits per heavy atom. The highest BCUT2D eigenvalue weighted by molar-refractivity contribution is 6.07. The molecule has 1 amide bonds. The van der Waals surface area contributed by atoms with Crippen molar-refractivity contribution in [3.8, 4) is 0 Å². The molecular formula is C32H41N7O2. The topological polar surface area (TPSA) is 102 Å². The second kappa shape index (κ2) is 11.3. The molecule has 2 fully saturated rings. The minimum Gasteiger partial charge on any atom is -0.464 e. The number of anilines is 3. The number of fused-ring (bicyclic) bond motifs is 1. The molecule has 3 N–H and O–H groups in total. The first-order valence-electron chi connectivity index (χ1n) is 14.8. The number of furan rings is 1. The zero-order chi connectivity index (χ0) is 28.6. The summed E-state index contributed by atoms with van der Waals surface area (Å²) in [6, 6.07) is 12.1. The number of nitrogens with zero attached hydrogens (tertiary/aromatic N) is 4. The van der Waals surface area contributed by atoms with Crippen molar-refractivity contribution in [1.29, 1.82) is 0 Å². The number of amides is 1. The van der Waals surface area contributed by atoms with E-state index in [9.17, 15) is 4.79 Å². The van der Waals surface area contributed by atoms with E-state index in [0.29, 0.717) is 35.0 Å². The maximum Gasteiger partial charge on any atom is 0.275 e. The largest absolute Gasteiger partial charge is 0.464 e. The Morgan fingerprint density at radius 2 is 1.90 bits per heavy atom. The molecule has 0 radical (unpaired) electrons. The third-order valence-corrected chi connectivity index (χ3v) is 9.41. The molecule has 1 aliphatic carbocycles. The van der Waals surface area contributed by atoms with Crippen LogP contribution in [0, 0.1) is 11.8 Å². The Labute approximate surface area is 241 Å². The Balaban J connectivity index is 1.16. The molecule has 1 aromatic carbocycles. The van der Waals surface area contributed by atoms with Crippen molar-refractivity contribution >= 4 is 34.1 Å². The molecule has 9 nitrogen and oxygen atoms in total. The van der Waals surface area contributed by atoms with Gasteiger partial charge in [0.25, 0.3) is 5.91 Å². The number of piperazine rings is 1. The van der Waals surface area contributed by atoms with Crippen LogP contribution in [0.3, 0.4) is 0 Å². The first-order chi connectivity index (χ1) is 19.8. The molecule has 1 saturated heterocycles. The lowest BCUT2D eigenvalue weighted by Crippen LogP contribution is -2.57. The minimum atomic E-state index is -0.266. The summed E-state index contributed by atoms with van der Waals surface area (Å²) < 4.78 is 5.47. The number of hydrogen-bond donors (Lipinski definition) is 3. The van der Waals surface area contributed by atoms with E-state index < -0.39 is 0 Å². The van der Waals surface area contributed by atoms with Gasteiger partial charge in [-0.1, -0.05) is 26.0 Å². The van der Waals surface area contributed by atoms with Gasteiger partial charge in [0.2, 0.25) is 0 Å². The van der Waals surface area contributed by atoms with Gasteiger partial charge in [-0.2, -0.15) is 5.10 Å². The summed E-state index contributed by atoms with van der Waals surface area (Å²) in [6.45, 7) is 11.8. The van der Waals surface area contributed by atoms with Gasteiger partial charge in [0, 0.05) is 43.6 Å². The molecule has 0 bridgehead atoms. The van der Waals surface area contributed by atoms with Crippen LogP contribution in [0.5, 0.6) is 0 Å². The molecule has 6 rings (SSSR count). The fourth-order valence-corrected chi connectivity index (χ4v) is 6.89. The Morgan fingerprint density at radius 1 is 1.12 bits per heavy atom. The number of likely N-dealkylation sites (N-methyl/N-ethyl adjacent to an activating group) is 1. The van der Waals surface area contributed by atoms with Crippen molar-refractivity contribution in [3.05, 3.63) is 66.3 Å². The molecule has 0 spiro atoms. The molecule has 3 atom stereocenters. The van der Waals surface area contributed by atoms with Gasteiger partial charge in [0.15, 0.2) is 0 Å². The lowest BCUT2D eigenvalue weighted by atomic mass is 9.64. The summed E-state index contributed by atoms with van der Waals surface area (Å²) in [7, 11) is 2.22. The predicted molar refractivity (Wildman–Crippen MR) is 163 cm³/mol. The van der Waals surface area contributed by atoms with Crippen molar-refractivity contribution in [3.63, 3.8) is 0 Å². The standard InChI is InChI=1S/C32H41N7O2/c1-21(2)24-9-12-32(3,39-16-14-38(4)15-17-39)19-26(24)22-5-7-23(8-6-22)35-31(40)29-27(20-34-37-29)36-30-25-11-18-41-28(25)10-13-33-30/h5-8,10-11,13,18,20-21,24,26H,9,12,14-17,19H2,1-4H3,(H,33,36)(H,34,37)(H,35,40). The molecule has 41 heavy (non-hydrogen) atoms. The molecule has 4 aromatic rings. The first kappa shape index (κ1) is 27.5. The average Bonchev–Trinajstić information content (AvgIpc) is 3.64. The molecule has 3 aromatic heterocycles. The van der Waals surface area contributed by atoms with Crippen LogP contribution in [0.25, 0.3) is 11.0 Å². The quantitative estimate of drug-likeness (QED) is 0.254. The summed E-state index contributed by atoms with van der Waals surface area (Å²) in [5, 5.41) is 14.0. The molecule has 1 saturated carbocycles. The van der Waals surface area contributed by atoms with Crippen LogP contribution in [0.15, 0.2) is 59.5 Å². The second-order valence-corrected chi connectivity index (χ2v) is 12.4. The number of nitrogens with one attached hydrogen (secondary N) is 3. The molecule has 3 unspecified atom stereocenters. The number of benzene rings is 1. The maximum atomic E-state index is 13.2. The highest BCUT2D eigenvalue weighted by Crippen LogP contribution is 2.48. The van der Waals surface area contributed by atoms with E-state index in [4.69, 9.17) is 4.42 Å². The summed E-state index contributed by atoms with van der Waals surface area (Å²) in [5.74, 6) is 2.12. The van der Waals surface area contributed by atoms with Gasteiger partial charge in [-0.3, -0.25) is 14.8 Å². The van der Waals surface area contributed by atoms with Crippen molar-refractivity contribution in [2.75, 3.05) is 43.9 Å². The smallest absolute Gasteiger partial charge is 0.275 e. The Kier molecular flexibility index (Phi) is 7.57. The van der Waals surface area contributed by atoms with Crippen molar-refractivity contribution in [2.24, 2.45) is 11.8 Å². The van der Waals surface area contributed by atoms with Crippen LogP contribution >= 0.6 is 0 Å². The van der Waals surface area contributed by atoms with Gasteiger partial charge in [-0.05, 0) is 80.8 Å². The summed E-state index contributed by atoms with van der Waals surface area (Å²) >= 11 is 0. The number of H-pyrrole nitrogens is 1. The monoisotopic (exact) mass is 555 g/mol. The van der Waals surface area contributed by atoms with Gasteiger partial charge < -0.3 is 20.0 Å². The third kappa shape index (κ3) is 5.61. The zero-order valence-electron chi connectivity index (χ0n) is 24.5. The van der Waals surface area contributed by atoms with Crippen LogP contribution in [0.4, 0.5) is 17.2 Å².